The second-order valence-corrected chi connectivity index (χ2v) is 5.22. The lowest BCUT2D eigenvalue weighted by Crippen LogP contribution is -2.44. The number of hydrogen-bond acceptors (Lipinski definition) is 2. The molecule has 0 aliphatic heterocycles. The summed E-state index contributed by atoms with van der Waals surface area (Å²) in [5.74, 6) is -1.16. The molecule has 0 aromatic heterocycles. The number of amides is 2. The van der Waals surface area contributed by atoms with Crippen LogP contribution in [0.15, 0.2) is 0 Å². The number of nitrogens with zero attached hydrogens (tertiary/aromatic N) is 1. The third-order valence-electron chi connectivity index (χ3n) is 2.06. The maximum atomic E-state index is 11.8. The largest absolute Gasteiger partial charge is 0.405 e. The molecular weight excluding hydrogens is 317 g/mol. The first-order chi connectivity index (χ1) is 8.04. The Kier molecular flexibility index (Phi) is 6.66. The maximum Gasteiger partial charge on any atom is 0.405 e. The Balaban J connectivity index is 4.19. The smallest absolute Gasteiger partial charge is 0.345 e. The minimum atomic E-state index is -4.45. The predicted octanol–water partition coefficient (Wildman–Crippen LogP) is 1.54. The molecule has 0 aromatic rings. The minimum absolute atomic E-state index is 0.0261. The number of rotatable bonds is 5. The highest BCUT2D eigenvalue weighted by Crippen LogP contribution is 2.14. The van der Waals surface area contributed by atoms with Crippen LogP contribution in [0.2, 0.25) is 0 Å². The van der Waals surface area contributed by atoms with E-state index in [-0.39, 0.29) is 11.8 Å². The molecule has 0 saturated carbocycles. The van der Waals surface area contributed by atoms with Crippen molar-refractivity contribution in [1.29, 1.82) is 0 Å². The van der Waals surface area contributed by atoms with E-state index in [0.717, 1.165) is 4.90 Å². The molecule has 0 aromatic carbocycles. The second kappa shape index (κ2) is 6.96. The summed E-state index contributed by atoms with van der Waals surface area (Å²) < 4.78 is 35.5. The summed E-state index contributed by atoms with van der Waals surface area (Å²) in [7, 11) is 1.37. The van der Waals surface area contributed by atoms with Crippen LogP contribution in [0, 0.1) is 5.92 Å². The number of likely N-dealkylation sites (N-methyl/N-ethyl adjacent to an activating group) is 1. The van der Waals surface area contributed by atoms with Crippen molar-refractivity contribution in [2.24, 2.45) is 5.92 Å². The molecule has 0 aliphatic rings. The molecule has 0 fully saturated rings. The van der Waals surface area contributed by atoms with Crippen LogP contribution in [0.1, 0.15) is 13.8 Å². The van der Waals surface area contributed by atoms with Gasteiger partial charge < -0.3 is 10.2 Å². The van der Waals surface area contributed by atoms with E-state index in [9.17, 15) is 22.8 Å². The molecule has 4 nitrogen and oxygen atoms in total. The SMILES string of the molecule is CC(C)C(Br)C(=O)N(C)CC(=O)NCC(F)(F)F. The predicted molar refractivity (Wildman–Crippen MR) is 64.3 cm³/mol. The fourth-order valence-corrected chi connectivity index (χ4v) is 1.39. The molecule has 0 rings (SSSR count). The molecule has 0 radical (unpaired) electrons. The van der Waals surface area contributed by atoms with E-state index in [0.29, 0.717) is 0 Å². The first-order valence-corrected chi connectivity index (χ1v) is 6.18. The molecule has 106 valence electrons. The summed E-state index contributed by atoms with van der Waals surface area (Å²) in [4.78, 5) is 23.5. The fourth-order valence-electron chi connectivity index (χ4n) is 1.04. The van der Waals surface area contributed by atoms with E-state index in [4.69, 9.17) is 0 Å². The van der Waals surface area contributed by atoms with Crippen LogP contribution >= 0.6 is 15.9 Å². The van der Waals surface area contributed by atoms with E-state index in [2.05, 4.69) is 15.9 Å². The number of hydrogen-bond donors (Lipinski definition) is 1. The number of carbonyl (C=O) groups is 2. The third kappa shape index (κ3) is 6.83. The van der Waals surface area contributed by atoms with Gasteiger partial charge in [0, 0.05) is 7.05 Å². The van der Waals surface area contributed by atoms with Crippen molar-refractivity contribution in [1.82, 2.24) is 10.2 Å². The van der Waals surface area contributed by atoms with Crippen LogP contribution in [0.3, 0.4) is 0 Å². The van der Waals surface area contributed by atoms with Gasteiger partial charge in [-0.1, -0.05) is 29.8 Å². The number of alkyl halides is 4. The topological polar surface area (TPSA) is 49.4 Å². The monoisotopic (exact) mass is 332 g/mol. The third-order valence-corrected chi connectivity index (χ3v) is 3.51. The van der Waals surface area contributed by atoms with Gasteiger partial charge in [-0.05, 0) is 5.92 Å². The zero-order valence-electron chi connectivity index (χ0n) is 10.3. The Morgan fingerprint density at radius 1 is 1.33 bits per heavy atom. The molecule has 0 bridgehead atoms. The molecule has 1 N–H and O–H groups in total. The van der Waals surface area contributed by atoms with Gasteiger partial charge >= 0.3 is 6.18 Å². The van der Waals surface area contributed by atoms with Crippen LogP contribution in [0.4, 0.5) is 13.2 Å². The van der Waals surface area contributed by atoms with Gasteiger partial charge in [0.2, 0.25) is 11.8 Å². The second-order valence-electron chi connectivity index (χ2n) is 4.23. The Hall–Kier alpha value is -0.790. The highest BCUT2D eigenvalue weighted by molar-refractivity contribution is 9.10. The lowest BCUT2D eigenvalue weighted by molar-refractivity contribution is -0.141. The molecule has 2 amide bonds. The summed E-state index contributed by atoms with van der Waals surface area (Å²) in [6.45, 7) is 1.84. The molecule has 8 heteroatoms. The van der Waals surface area contributed by atoms with Crippen LogP contribution in [-0.4, -0.2) is 47.9 Å². The van der Waals surface area contributed by atoms with E-state index in [1.54, 1.807) is 5.32 Å². The van der Waals surface area contributed by atoms with E-state index >= 15 is 0 Å². The van der Waals surface area contributed by atoms with Gasteiger partial charge in [0.25, 0.3) is 0 Å². The van der Waals surface area contributed by atoms with Gasteiger partial charge in [0.05, 0.1) is 11.4 Å². The lowest BCUT2D eigenvalue weighted by atomic mass is 10.1. The summed E-state index contributed by atoms with van der Waals surface area (Å²) in [6.07, 6.45) is -4.45. The Morgan fingerprint density at radius 3 is 2.22 bits per heavy atom. The van der Waals surface area contributed by atoms with Crippen molar-refractivity contribution in [2.45, 2.75) is 24.9 Å². The highest BCUT2D eigenvalue weighted by Gasteiger charge is 2.28. The minimum Gasteiger partial charge on any atom is -0.345 e. The fraction of sp³-hybridized carbons (Fsp3) is 0.800. The standard InChI is InChI=1S/C10H16BrF3N2O2/c1-6(2)8(11)9(18)16(3)4-7(17)15-5-10(12,13)14/h6,8H,4-5H2,1-3H3,(H,15,17). The molecule has 0 saturated heterocycles. The van der Waals surface area contributed by atoms with Crippen LogP contribution in [0.25, 0.3) is 0 Å². The normalized spacial score (nSPS) is 13.3. The van der Waals surface area contributed by atoms with Crippen LogP contribution in [-0.2, 0) is 9.59 Å². The van der Waals surface area contributed by atoms with E-state index in [1.165, 1.54) is 7.05 Å². The first-order valence-electron chi connectivity index (χ1n) is 5.27. The first kappa shape index (κ1) is 17.2. The average Bonchev–Trinajstić information content (AvgIpc) is 2.23. The zero-order valence-corrected chi connectivity index (χ0v) is 11.9. The van der Waals surface area contributed by atoms with Crippen molar-refractivity contribution in [2.75, 3.05) is 20.1 Å². The van der Waals surface area contributed by atoms with Crippen LogP contribution < -0.4 is 5.32 Å². The van der Waals surface area contributed by atoms with Crippen molar-refractivity contribution < 1.29 is 22.8 Å². The Bertz CT molecular complexity index is 308. The molecule has 1 unspecified atom stereocenters. The summed E-state index contributed by atoms with van der Waals surface area (Å²) in [5, 5.41) is 1.70. The highest BCUT2D eigenvalue weighted by atomic mass is 79.9. The summed E-state index contributed by atoms with van der Waals surface area (Å²) in [6, 6.07) is 0. The average molecular weight is 333 g/mol. The Labute approximate surface area is 112 Å². The zero-order chi connectivity index (χ0) is 14.5. The van der Waals surface area contributed by atoms with Gasteiger partial charge in [-0.3, -0.25) is 9.59 Å². The molecule has 18 heavy (non-hydrogen) atoms. The molecule has 0 aliphatic carbocycles. The van der Waals surface area contributed by atoms with Crippen molar-refractivity contribution in [3.8, 4) is 0 Å². The van der Waals surface area contributed by atoms with Crippen molar-refractivity contribution in [3.63, 3.8) is 0 Å². The van der Waals surface area contributed by atoms with Gasteiger partial charge in [-0.15, -0.1) is 0 Å². The number of halogens is 4. The van der Waals surface area contributed by atoms with Gasteiger partial charge in [0.15, 0.2) is 0 Å². The van der Waals surface area contributed by atoms with Gasteiger partial charge in [-0.2, -0.15) is 13.2 Å². The van der Waals surface area contributed by atoms with Crippen LogP contribution in [0.5, 0.6) is 0 Å². The molecule has 1 atom stereocenters. The summed E-state index contributed by atoms with van der Waals surface area (Å²) in [5.41, 5.74) is 0. The van der Waals surface area contributed by atoms with Gasteiger partial charge in [0.1, 0.15) is 6.54 Å². The number of carbonyl (C=O) groups excluding carboxylic acids is 2. The van der Waals surface area contributed by atoms with Gasteiger partial charge in [-0.25, -0.2) is 0 Å². The molecular formula is C10H16BrF3N2O2. The molecule has 0 heterocycles. The van der Waals surface area contributed by atoms with E-state index < -0.39 is 30.0 Å². The maximum absolute atomic E-state index is 11.8. The summed E-state index contributed by atoms with van der Waals surface area (Å²) >= 11 is 3.17. The quantitative estimate of drug-likeness (QED) is 0.776. The lowest BCUT2D eigenvalue weighted by Gasteiger charge is -2.22. The van der Waals surface area contributed by atoms with Crippen molar-refractivity contribution >= 4 is 27.7 Å². The number of nitrogens with one attached hydrogen (secondary N) is 1. The van der Waals surface area contributed by atoms with E-state index in [1.807, 2.05) is 13.8 Å². The Morgan fingerprint density at radius 2 is 1.83 bits per heavy atom. The molecule has 0 spiro atoms. The van der Waals surface area contributed by atoms with Crippen molar-refractivity contribution in [3.05, 3.63) is 0 Å².